The van der Waals surface area contributed by atoms with E-state index in [-0.39, 0.29) is 11.9 Å². The predicted molar refractivity (Wildman–Crippen MR) is 119 cm³/mol. The van der Waals surface area contributed by atoms with Gasteiger partial charge in [-0.2, -0.15) is 0 Å². The third-order valence-corrected chi connectivity index (χ3v) is 6.02. The second-order valence-electron chi connectivity index (χ2n) is 8.13. The largest absolute Gasteiger partial charge is 0.341 e. The van der Waals surface area contributed by atoms with Crippen LogP contribution < -0.4 is 16.0 Å². The van der Waals surface area contributed by atoms with Crippen LogP contribution in [0.5, 0.6) is 0 Å². The minimum Gasteiger partial charge on any atom is -0.341 e. The van der Waals surface area contributed by atoms with Gasteiger partial charge in [-0.15, -0.1) is 0 Å². The van der Waals surface area contributed by atoms with Gasteiger partial charge in [0.1, 0.15) is 5.82 Å². The zero-order valence-corrected chi connectivity index (χ0v) is 16.9. The normalized spacial score (nSPS) is 21.1. The first kappa shape index (κ1) is 19.0. The standard InChI is InChI=1S/C24H27N5O/c30-24(21-7-3-13-26-21)28-19-5-1-4-18(14-19)16-8-10-17(11-9-16)22-15-27-23(29-22)20-6-2-12-25-20/h1,4-5,8-11,14-15,20-21,25-26H,2-3,6-7,12-13H2,(H,27,29)(H,28,30)/t20-,21-/m0/s1. The second-order valence-corrected chi connectivity index (χ2v) is 8.13. The number of aromatic amines is 1. The molecule has 0 unspecified atom stereocenters. The first-order valence-electron chi connectivity index (χ1n) is 10.8. The summed E-state index contributed by atoms with van der Waals surface area (Å²) >= 11 is 0. The smallest absolute Gasteiger partial charge is 0.241 e. The Hall–Kier alpha value is -2.96. The highest BCUT2D eigenvalue weighted by Gasteiger charge is 2.22. The van der Waals surface area contributed by atoms with E-state index in [1.165, 1.54) is 6.42 Å². The van der Waals surface area contributed by atoms with Gasteiger partial charge in [-0.25, -0.2) is 4.98 Å². The Morgan fingerprint density at radius 1 is 0.933 bits per heavy atom. The summed E-state index contributed by atoms with van der Waals surface area (Å²) in [6.45, 7) is 1.98. The van der Waals surface area contributed by atoms with E-state index in [1.54, 1.807) is 0 Å². The van der Waals surface area contributed by atoms with E-state index in [9.17, 15) is 4.79 Å². The van der Waals surface area contributed by atoms with Crippen molar-refractivity contribution < 1.29 is 4.79 Å². The molecule has 3 heterocycles. The number of anilines is 1. The summed E-state index contributed by atoms with van der Waals surface area (Å²) in [6, 6.07) is 16.7. The summed E-state index contributed by atoms with van der Waals surface area (Å²) in [5, 5.41) is 9.76. The molecule has 2 aliphatic heterocycles. The molecule has 2 aromatic carbocycles. The van der Waals surface area contributed by atoms with Crippen LogP contribution in [0, 0.1) is 0 Å². The van der Waals surface area contributed by atoms with Crippen LogP contribution in [0.4, 0.5) is 5.69 Å². The molecular formula is C24H27N5O. The molecule has 0 aliphatic carbocycles. The molecule has 0 bridgehead atoms. The topological polar surface area (TPSA) is 81.8 Å². The van der Waals surface area contributed by atoms with Crippen LogP contribution >= 0.6 is 0 Å². The van der Waals surface area contributed by atoms with E-state index >= 15 is 0 Å². The number of nitrogens with zero attached hydrogens (tertiary/aromatic N) is 1. The molecule has 5 rings (SSSR count). The number of carbonyl (C=O) groups excluding carboxylic acids is 1. The van der Waals surface area contributed by atoms with E-state index in [4.69, 9.17) is 0 Å². The molecule has 3 aromatic rings. The van der Waals surface area contributed by atoms with Gasteiger partial charge in [-0.05, 0) is 67.6 Å². The fraction of sp³-hybridized carbons (Fsp3) is 0.333. The van der Waals surface area contributed by atoms with Gasteiger partial charge in [0.2, 0.25) is 5.91 Å². The van der Waals surface area contributed by atoms with E-state index in [1.807, 2.05) is 24.4 Å². The minimum absolute atomic E-state index is 0.0480. The third-order valence-electron chi connectivity index (χ3n) is 6.02. The molecule has 154 valence electrons. The monoisotopic (exact) mass is 401 g/mol. The number of hydrogen-bond donors (Lipinski definition) is 4. The van der Waals surface area contributed by atoms with Crippen molar-refractivity contribution in [3.63, 3.8) is 0 Å². The van der Waals surface area contributed by atoms with Gasteiger partial charge < -0.3 is 20.9 Å². The first-order chi connectivity index (χ1) is 14.8. The average Bonchev–Trinajstić information content (AvgIpc) is 3.56. The fourth-order valence-electron chi connectivity index (χ4n) is 4.33. The molecule has 6 heteroatoms. The van der Waals surface area contributed by atoms with Crippen molar-refractivity contribution in [2.24, 2.45) is 0 Å². The van der Waals surface area contributed by atoms with Crippen molar-refractivity contribution in [1.82, 2.24) is 20.6 Å². The number of imidazole rings is 1. The summed E-state index contributed by atoms with van der Waals surface area (Å²) in [5.74, 6) is 1.07. The van der Waals surface area contributed by atoms with Crippen molar-refractivity contribution in [1.29, 1.82) is 0 Å². The van der Waals surface area contributed by atoms with E-state index in [0.29, 0.717) is 6.04 Å². The lowest BCUT2D eigenvalue weighted by Crippen LogP contribution is -2.35. The van der Waals surface area contributed by atoms with Crippen LogP contribution in [0.3, 0.4) is 0 Å². The van der Waals surface area contributed by atoms with Crippen LogP contribution in [0.15, 0.2) is 54.7 Å². The Labute approximate surface area is 176 Å². The first-order valence-corrected chi connectivity index (χ1v) is 10.8. The van der Waals surface area contributed by atoms with E-state index in [2.05, 4.69) is 56.3 Å². The molecule has 2 saturated heterocycles. The van der Waals surface area contributed by atoms with Crippen LogP contribution in [-0.4, -0.2) is 35.0 Å². The highest BCUT2D eigenvalue weighted by Crippen LogP contribution is 2.28. The predicted octanol–water partition coefficient (Wildman–Crippen LogP) is 3.86. The van der Waals surface area contributed by atoms with Crippen molar-refractivity contribution >= 4 is 11.6 Å². The molecule has 0 saturated carbocycles. The van der Waals surface area contributed by atoms with Crippen LogP contribution in [0.25, 0.3) is 22.4 Å². The Kier molecular flexibility index (Phi) is 5.34. The maximum absolute atomic E-state index is 12.4. The number of nitrogens with one attached hydrogen (secondary N) is 4. The maximum atomic E-state index is 12.4. The Bertz CT molecular complexity index is 1010. The summed E-state index contributed by atoms with van der Waals surface area (Å²) in [6.07, 6.45) is 6.21. The lowest BCUT2D eigenvalue weighted by Gasteiger charge is -2.12. The molecule has 1 aromatic heterocycles. The molecule has 0 radical (unpaired) electrons. The van der Waals surface area contributed by atoms with Gasteiger partial charge in [0.25, 0.3) is 0 Å². The zero-order valence-electron chi connectivity index (χ0n) is 16.9. The molecule has 2 atom stereocenters. The quantitative estimate of drug-likeness (QED) is 0.523. The van der Waals surface area contributed by atoms with E-state index in [0.717, 1.165) is 66.2 Å². The van der Waals surface area contributed by atoms with Gasteiger partial charge in [-0.1, -0.05) is 36.4 Å². The summed E-state index contributed by atoms with van der Waals surface area (Å²) in [7, 11) is 0. The molecule has 2 aliphatic rings. The number of rotatable bonds is 5. The molecule has 4 N–H and O–H groups in total. The van der Waals surface area contributed by atoms with Crippen molar-refractivity contribution in [2.45, 2.75) is 37.8 Å². The number of amides is 1. The minimum atomic E-state index is -0.0772. The highest BCUT2D eigenvalue weighted by molar-refractivity contribution is 5.95. The van der Waals surface area contributed by atoms with Crippen molar-refractivity contribution in [3.8, 4) is 22.4 Å². The number of aromatic nitrogens is 2. The second kappa shape index (κ2) is 8.42. The van der Waals surface area contributed by atoms with Crippen LogP contribution in [-0.2, 0) is 4.79 Å². The van der Waals surface area contributed by atoms with Gasteiger partial charge >= 0.3 is 0 Å². The van der Waals surface area contributed by atoms with E-state index < -0.39 is 0 Å². The highest BCUT2D eigenvalue weighted by atomic mass is 16.2. The summed E-state index contributed by atoms with van der Waals surface area (Å²) < 4.78 is 0. The van der Waals surface area contributed by atoms with Gasteiger partial charge in [-0.3, -0.25) is 4.79 Å². The molecule has 6 nitrogen and oxygen atoms in total. The fourth-order valence-corrected chi connectivity index (χ4v) is 4.33. The maximum Gasteiger partial charge on any atom is 0.241 e. The van der Waals surface area contributed by atoms with Crippen LogP contribution in [0.1, 0.15) is 37.5 Å². The molecular weight excluding hydrogens is 374 g/mol. The summed E-state index contributed by atoms with van der Waals surface area (Å²) in [4.78, 5) is 20.4. The van der Waals surface area contributed by atoms with Crippen molar-refractivity contribution in [2.75, 3.05) is 18.4 Å². The molecule has 30 heavy (non-hydrogen) atoms. The lowest BCUT2D eigenvalue weighted by molar-refractivity contribution is -0.117. The van der Waals surface area contributed by atoms with Crippen LogP contribution in [0.2, 0.25) is 0 Å². The van der Waals surface area contributed by atoms with Gasteiger partial charge in [0.15, 0.2) is 0 Å². The molecule has 1 amide bonds. The number of H-pyrrole nitrogens is 1. The Balaban J connectivity index is 1.30. The molecule has 0 spiro atoms. The SMILES string of the molecule is O=C(Nc1cccc(-c2ccc(-c3cnc([C@@H]4CCCN4)[nH]3)cc2)c1)[C@@H]1CCCN1. The summed E-state index contributed by atoms with van der Waals surface area (Å²) in [5.41, 5.74) is 5.19. The number of hydrogen-bond acceptors (Lipinski definition) is 4. The van der Waals surface area contributed by atoms with Gasteiger partial charge in [0, 0.05) is 5.69 Å². The van der Waals surface area contributed by atoms with Gasteiger partial charge in [0.05, 0.1) is 24.0 Å². The molecule has 2 fully saturated rings. The lowest BCUT2D eigenvalue weighted by atomic mass is 10.0. The average molecular weight is 402 g/mol. The number of carbonyl (C=O) groups is 1. The Morgan fingerprint density at radius 2 is 1.73 bits per heavy atom. The number of benzene rings is 2. The third kappa shape index (κ3) is 4.01. The Morgan fingerprint density at radius 3 is 2.50 bits per heavy atom. The van der Waals surface area contributed by atoms with Crippen molar-refractivity contribution in [3.05, 3.63) is 60.6 Å². The zero-order chi connectivity index (χ0) is 20.3.